The standard InChI is InChI=1S/C15H10N3S/c1-2-6-17-11(3-1)7-13-14(17)18-9-10-4-5-16-8-12(10)15(18)19-13/h1-8H,9H2/q+1. The predicted octanol–water partition coefficient (Wildman–Crippen LogP) is 2.87. The summed E-state index contributed by atoms with van der Waals surface area (Å²) in [6.45, 7) is 0.953. The molecule has 0 amide bonds. The van der Waals surface area contributed by atoms with Gasteiger partial charge in [-0.05, 0) is 18.2 Å². The van der Waals surface area contributed by atoms with Crippen LogP contribution in [0.3, 0.4) is 0 Å². The Bertz CT molecular complexity index is 949. The molecule has 5 rings (SSSR count). The summed E-state index contributed by atoms with van der Waals surface area (Å²) in [5, 5.41) is 1.33. The lowest BCUT2D eigenvalue weighted by Gasteiger charge is -1.92. The van der Waals surface area contributed by atoms with Crippen LogP contribution in [0, 0.1) is 0 Å². The highest BCUT2D eigenvalue weighted by Crippen LogP contribution is 2.35. The van der Waals surface area contributed by atoms with Crippen LogP contribution in [0.15, 0.2) is 48.9 Å². The third kappa shape index (κ3) is 1.12. The van der Waals surface area contributed by atoms with Crippen molar-refractivity contribution in [2.75, 3.05) is 0 Å². The SMILES string of the molecule is c1ccn2c(c1)cc1sc3[n+](c12)Cc1ccncc1-3. The van der Waals surface area contributed by atoms with E-state index in [4.69, 9.17) is 0 Å². The van der Waals surface area contributed by atoms with Crippen LogP contribution in [0.1, 0.15) is 5.56 Å². The normalized spacial score (nSPS) is 13.1. The highest BCUT2D eigenvalue weighted by Gasteiger charge is 2.30. The zero-order valence-corrected chi connectivity index (χ0v) is 10.9. The van der Waals surface area contributed by atoms with Crippen LogP contribution >= 0.6 is 11.3 Å². The van der Waals surface area contributed by atoms with E-state index in [-0.39, 0.29) is 0 Å². The third-order valence-electron chi connectivity index (χ3n) is 3.80. The molecule has 0 fully saturated rings. The first-order valence-electron chi connectivity index (χ1n) is 6.27. The molecule has 4 aromatic rings. The number of thiazole rings is 1. The molecule has 0 atom stereocenters. The van der Waals surface area contributed by atoms with Crippen molar-refractivity contribution in [1.29, 1.82) is 0 Å². The molecule has 4 heteroatoms. The Morgan fingerprint density at radius 3 is 3.26 bits per heavy atom. The van der Waals surface area contributed by atoms with E-state index in [0.717, 1.165) is 6.54 Å². The fraction of sp³-hybridized carbons (Fsp3) is 0.0667. The van der Waals surface area contributed by atoms with Crippen LogP contribution in [-0.2, 0) is 6.54 Å². The highest BCUT2D eigenvalue weighted by molar-refractivity contribution is 7.21. The molecule has 0 radical (unpaired) electrons. The van der Waals surface area contributed by atoms with Gasteiger partial charge < -0.3 is 0 Å². The molecule has 0 spiro atoms. The van der Waals surface area contributed by atoms with Crippen molar-refractivity contribution in [3.8, 4) is 10.6 Å². The maximum atomic E-state index is 4.26. The van der Waals surface area contributed by atoms with Crippen molar-refractivity contribution in [2.24, 2.45) is 0 Å². The smallest absolute Gasteiger partial charge is 0.264 e. The lowest BCUT2D eigenvalue weighted by atomic mass is 10.2. The van der Waals surface area contributed by atoms with Crippen LogP contribution in [0.5, 0.6) is 0 Å². The van der Waals surface area contributed by atoms with Gasteiger partial charge in [-0.2, -0.15) is 4.40 Å². The quantitative estimate of drug-likeness (QED) is 0.394. The number of aromatic nitrogens is 3. The lowest BCUT2D eigenvalue weighted by Crippen LogP contribution is -2.31. The van der Waals surface area contributed by atoms with Gasteiger partial charge in [-0.3, -0.25) is 4.98 Å². The molecular formula is C15H10N3S+. The van der Waals surface area contributed by atoms with Gasteiger partial charge in [0.2, 0.25) is 0 Å². The fourth-order valence-corrected chi connectivity index (χ4v) is 4.19. The molecular weight excluding hydrogens is 254 g/mol. The minimum atomic E-state index is 0.953. The van der Waals surface area contributed by atoms with Crippen molar-refractivity contribution in [2.45, 2.75) is 6.54 Å². The molecule has 19 heavy (non-hydrogen) atoms. The predicted molar refractivity (Wildman–Crippen MR) is 75.3 cm³/mol. The molecule has 0 saturated heterocycles. The second-order valence-corrected chi connectivity index (χ2v) is 5.88. The zero-order valence-electron chi connectivity index (χ0n) is 10.1. The van der Waals surface area contributed by atoms with Gasteiger partial charge >= 0.3 is 5.65 Å². The van der Waals surface area contributed by atoms with Crippen LogP contribution in [0.2, 0.25) is 0 Å². The lowest BCUT2D eigenvalue weighted by molar-refractivity contribution is -0.644. The topological polar surface area (TPSA) is 21.2 Å². The monoisotopic (exact) mass is 264 g/mol. The van der Waals surface area contributed by atoms with Gasteiger partial charge in [0, 0.05) is 24.0 Å². The first-order chi connectivity index (χ1) is 9.42. The van der Waals surface area contributed by atoms with Crippen molar-refractivity contribution in [3.05, 3.63) is 54.5 Å². The summed E-state index contributed by atoms with van der Waals surface area (Å²) in [6.07, 6.45) is 6.00. The van der Waals surface area contributed by atoms with E-state index in [9.17, 15) is 0 Å². The van der Waals surface area contributed by atoms with Crippen LogP contribution < -0.4 is 4.57 Å². The Labute approximate surface area is 113 Å². The minimum absolute atomic E-state index is 0.953. The molecule has 3 nitrogen and oxygen atoms in total. The van der Waals surface area contributed by atoms with E-state index in [1.807, 2.05) is 23.7 Å². The van der Waals surface area contributed by atoms with Crippen LogP contribution in [0.25, 0.3) is 26.4 Å². The maximum absolute atomic E-state index is 4.26. The Hall–Kier alpha value is -2.20. The van der Waals surface area contributed by atoms with E-state index in [2.05, 4.69) is 50.5 Å². The fourth-order valence-electron chi connectivity index (χ4n) is 2.95. The molecule has 0 aromatic carbocycles. The number of hydrogen-bond donors (Lipinski definition) is 0. The molecule has 4 aromatic heterocycles. The van der Waals surface area contributed by atoms with E-state index < -0.39 is 0 Å². The van der Waals surface area contributed by atoms with Crippen molar-refractivity contribution in [3.63, 3.8) is 0 Å². The highest BCUT2D eigenvalue weighted by atomic mass is 32.1. The molecule has 0 N–H and O–H groups in total. The van der Waals surface area contributed by atoms with Gasteiger partial charge in [0.25, 0.3) is 0 Å². The number of nitrogens with zero attached hydrogens (tertiary/aromatic N) is 3. The van der Waals surface area contributed by atoms with Gasteiger partial charge in [0.1, 0.15) is 16.8 Å². The second-order valence-electron chi connectivity index (χ2n) is 4.85. The molecule has 0 saturated carbocycles. The first-order valence-corrected chi connectivity index (χ1v) is 7.09. The molecule has 1 aliphatic rings. The summed E-state index contributed by atoms with van der Waals surface area (Å²) < 4.78 is 6.02. The Kier molecular flexibility index (Phi) is 1.64. The van der Waals surface area contributed by atoms with Gasteiger partial charge in [0.15, 0.2) is 5.01 Å². The number of fused-ring (bicyclic) bond motifs is 7. The summed E-state index contributed by atoms with van der Waals surface area (Å²) >= 11 is 1.86. The minimum Gasteiger partial charge on any atom is -0.264 e. The van der Waals surface area contributed by atoms with Gasteiger partial charge in [-0.25, -0.2) is 4.57 Å². The van der Waals surface area contributed by atoms with Crippen LogP contribution in [-0.4, -0.2) is 9.38 Å². The van der Waals surface area contributed by atoms with Gasteiger partial charge in [-0.1, -0.05) is 17.4 Å². The summed E-state index contributed by atoms with van der Waals surface area (Å²) in [4.78, 5) is 4.26. The molecule has 1 aliphatic heterocycles. The molecule has 0 unspecified atom stereocenters. The van der Waals surface area contributed by atoms with Crippen LogP contribution in [0.4, 0.5) is 0 Å². The van der Waals surface area contributed by atoms with Crippen molar-refractivity contribution >= 4 is 27.2 Å². The Morgan fingerprint density at radius 2 is 2.26 bits per heavy atom. The van der Waals surface area contributed by atoms with Crippen molar-refractivity contribution in [1.82, 2.24) is 9.38 Å². The zero-order chi connectivity index (χ0) is 12.4. The summed E-state index contributed by atoms with van der Waals surface area (Å²) in [6, 6.07) is 10.7. The number of rotatable bonds is 0. The van der Waals surface area contributed by atoms with Gasteiger partial charge in [-0.15, -0.1) is 0 Å². The molecule has 0 aliphatic carbocycles. The van der Waals surface area contributed by atoms with Crippen molar-refractivity contribution < 1.29 is 4.57 Å². The summed E-state index contributed by atoms with van der Waals surface area (Å²) in [5.74, 6) is 0. The summed E-state index contributed by atoms with van der Waals surface area (Å²) in [5.41, 5.74) is 5.21. The largest absolute Gasteiger partial charge is 0.305 e. The molecule has 90 valence electrons. The Balaban J connectivity index is 1.94. The van der Waals surface area contributed by atoms with E-state index in [0.29, 0.717) is 0 Å². The van der Waals surface area contributed by atoms with E-state index in [1.54, 1.807) is 0 Å². The second kappa shape index (κ2) is 3.22. The Morgan fingerprint density at radius 1 is 1.26 bits per heavy atom. The van der Waals surface area contributed by atoms with E-state index in [1.165, 1.54) is 32.0 Å². The number of pyridine rings is 2. The first kappa shape index (κ1) is 9.69. The molecule has 5 heterocycles. The maximum Gasteiger partial charge on any atom is 0.305 e. The third-order valence-corrected chi connectivity index (χ3v) is 4.95. The van der Waals surface area contributed by atoms with E-state index >= 15 is 0 Å². The van der Waals surface area contributed by atoms with Gasteiger partial charge in [0.05, 0.1) is 11.8 Å². The number of hydrogen-bond acceptors (Lipinski definition) is 2. The molecule has 0 bridgehead atoms. The summed E-state index contributed by atoms with van der Waals surface area (Å²) in [7, 11) is 0. The average molecular weight is 264 g/mol. The average Bonchev–Trinajstić information content (AvgIpc) is 3.05.